The molecule has 5 heteroatoms. The van der Waals surface area contributed by atoms with E-state index in [1.54, 1.807) is 0 Å². The van der Waals surface area contributed by atoms with E-state index in [-0.39, 0.29) is 5.97 Å². The number of nitrogens with zero attached hydrogens (tertiary/aromatic N) is 2. The van der Waals surface area contributed by atoms with E-state index in [0.29, 0.717) is 13.0 Å². The Bertz CT molecular complexity index is 228. The van der Waals surface area contributed by atoms with Gasteiger partial charge in [0.25, 0.3) is 0 Å². The molecule has 1 rings (SSSR count). The minimum atomic E-state index is -0.0653. The summed E-state index contributed by atoms with van der Waals surface area (Å²) in [5, 5.41) is 2.30. The summed E-state index contributed by atoms with van der Waals surface area (Å²) in [5.41, 5.74) is 3.45. The molecule has 1 aliphatic heterocycles. The molecule has 0 amide bonds. The number of esters is 1. The van der Waals surface area contributed by atoms with Gasteiger partial charge in [0.1, 0.15) is 0 Å². The number of unbranched alkanes of at least 4 members (excludes halogenated alkanes) is 2. The number of piperazine rings is 1. The number of hydrogen-bond acceptors (Lipinski definition) is 5. The molecular formula is C13H27N3O2. The lowest BCUT2D eigenvalue weighted by molar-refractivity contribution is -0.143. The van der Waals surface area contributed by atoms with Gasteiger partial charge in [-0.05, 0) is 26.8 Å². The fourth-order valence-corrected chi connectivity index (χ4v) is 2.01. The molecule has 0 unspecified atom stereocenters. The van der Waals surface area contributed by atoms with Crippen LogP contribution in [0.5, 0.6) is 0 Å². The summed E-state index contributed by atoms with van der Waals surface area (Å²) in [6.45, 7) is 7.80. The van der Waals surface area contributed by atoms with Crippen LogP contribution in [-0.2, 0) is 9.53 Å². The molecule has 1 saturated heterocycles. The van der Waals surface area contributed by atoms with Crippen molar-refractivity contribution in [3.05, 3.63) is 0 Å². The molecule has 0 atom stereocenters. The van der Waals surface area contributed by atoms with Gasteiger partial charge < -0.3 is 9.64 Å². The first kappa shape index (κ1) is 15.4. The summed E-state index contributed by atoms with van der Waals surface area (Å²) in [4.78, 5) is 13.4. The zero-order valence-electron chi connectivity index (χ0n) is 11.8. The van der Waals surface area contributed by atoms with Gasteiger partial charge >= 0.3 is 5.97 Å². The largest absolute Gasteiger partial charge is 0.466 e. The van der Waals surface area contributed by atoms with Crippen molar-refractivity contribution < 1.29 is 9.53 Å². The lowest BCUT2D eigenvalue weighted by Crippen LogP contribution is -2.50. The summed E-state index contributed by atoms with van der Waals surface area (Å²) < 4.78 is 4.89. The second kappa shape index (κ2) is 9.30. The molecule has 0 saturated carbocycles. The number of carbonyl (C=O) groups is 1. The molecule has 0 aromatic carbocycles. The molecule has 1 N–H and O–H groups in total. The Kier molecular flexibility index (Phi) is 7.96. The van der Waals surface area contributed by atoms with Crippen LogP contribution in [-0.4, -0.2) is 62.3 Å². The SMILES string of the molecule is CCOC(=O)CCCCCNN1CCN(C)CC1. The van der Waals surface area contributed by atoms with E-state index < -0.39 is 0 Å². The number of hydrazine groups is 1. The summed E-state index contributed by atoms with van der Waals surface area (Å²) in [6.07, 6.45) is 3.69. The van der Waals surface area contributed by atoms with Crippen molar-refractivity contribution in [3.8, 4) is 0 Å². The molecular weight excluding hydrogens is 230 g/mol. The summed E-state index contributed by atoms with van der Waals surface area (Å²) in [6, 6.07) is 0. The molecule has 1 aliphatic rings. The number of ether oxygens (including phenoxy) is 1. The predicted molar refractivity (Wildman–Crippen MR) is 72.2 cm³/mol. The van der Waals surface area contributed by atoms with Gasteiger partial charge in [-0.25, -0.2) is 5.01 Å². The monoisotopic (exact) mass is 257 g/mol. The molecule has 0 aromatic heterocycles. The Morgan fingerprint density at radius 1 is 1.17 bits per heavy atom. The fraction of sp³-hybridized carbons (Fsp3) is 0.923. The first-order chi connectivity index (χ1) is 8.72. The third-order valence-electron chi connectivity index (χ3n) is 3.20. The first-order valence-electron chi connectivity index (χ1n) is 7.05. The van der Waals surface area contributed by atoms with Crippen molar-refractivity contribution in [1.29, 1.82) is 0 Å². The smallest absolute Gasteiger partial charge is 0.305 e. The molecule has 0 aromatic rings. The van der Waals surface area contributed by atoms with E-state index in [1.807, 2.05) is 6.92 Å². The van der Waals surface area contributed by atoms with E-state index in [4.69, 9.17) is 4.74 Å². The minimum absolute atomic E-state index is 0.0653. The molecule has 1 fully saturated rings. The molecule has 0 bridgehead atoms. The lowest BCUT2D eigenvalue weighted by atomic mass is 10.2. The highest BCUT2D eigenvalue weighted by atomic mass is 16.5. The Balaban J connectivity index is 1.88. The second-order valence-electron chi connectivity index (χ2n) is 4.81. The van der Waals surface area contributed by atoms with Crippen molar-refractivity contribution in [2.75, 3.05) is 46.4 Å². The van der Waals surface area contributed by atoms with Crippen molar-refractivity contribution in [2.24, 2.45) is 0 Å². The highest BCUT2D eigenvalue weighted by molar-refractivity contribution is 5.69. The van der Waals surface area contributed by atoms with Gasteiger partial charge in [0.05, 0.1) is 6.61 Å². The van der Waals surface area contributed by atoms with Crippen LogP contribution in [0.1, 0.15) is 32.6 Å². The van der Waals surface area contributed by atoms with Gasteiger partial charge in [0.2, 0.25) is 0 Å². The van der Waals surface area contributed by atoms with Crippen molar-refractivity contribution in [2.45, 2.75) is 32.6 Å². The van der Waals surface area contributed by atoms with Crippen molar-refractivity contribution >= 4 is 5.97 Å². The van der Waals surface area contributed by atoms with Gasteiger partial charge in [-0.3, -0.25) is 10.2 Å². The minimum Gasteiger partial charge on any atom is -0.466 e. The number of rotatable bonds is 8. The van der Waals surface area contributed by atoms with Gasteiger partial charge in [0, 0.05) is 39.1 Å². The summed E-state index contributed by atoms with van der Waals surface area (Å²) in [5.74, 6) is -0.0653. The number of likely N-dealkylation sites (N-methyl/N-ethyl adjacent to an activating group) is 1. The second-order valence-corrected chi connectivity index (χ2v) is 4.81. The van der Waals surface area contributed by atoms with Crippen LogP contribution >= 0.6 is 0 Å². The molecule has 0 radical (unpaired) electrons. The van der Waals surface area contributed by atoms with Crippen LogP contribution in [0, 0.1) is 0 Å². The lowest BCUT2D eigenvalue weighted by Gasteiger charge is -2.32. The van der Waals surface area contributed by atoms with E-state index in [1.165, 1.54) is 0 Å². The predicted octanol–water partition coefficient (Wildman–Crippen LogP) is 0.862. The third-order valence-corrected chi connectivity index (χ3v) is 3.20. The van der Waals surface area contributed by atoms with E-state index in [2.05, 4.69) is 22.4 Å². The molecule has 1 heterocycles. The standard InChI is InChI=1S/C13H27N3O2/c1-3-18-13(17)7-5-4-6-8-14-16-11-9-15(2)10-12-16/h14H,3-12H2,1-2H3. The van der Waals surface area contributed by atoms with Gasteiger partial charge in [-0.1, -0.05) is 6.42 Å². The first-order valence-corrected chi connectivity index (χ1v) is 7.05. The van der Waals surface area contributed by atoms with Gasteiger partial charge in [0.15, 0.2) is 0 Å². The summed E-state index contributed by atoms with van der Waals surface area (Å²) in [7, 11) is 2.16. The highest BCUT2D eigenvalue weighted by Crippen LogP contribution is 2.01. The van der Waals surface area contributed by atoms with Crippen LogP contribution in [0.4, 0.5) is 0 Å². The van der Waals surface area contributed by atoms with Gasteiger partial charge in [-0.15, -0.1) is 0 Å². The Morgan fingerprint density at radius 2 is 1.89 bits per heavy atom. The van der Waals surface area contributed by atoms with Crippen LogP contribution in [0.15, 0.2) is 0 Å². The topological polar surface area (TPSA) is 44.8 Å². The Labute approximate surface area is 110 Å². The normalized spacial score (nSPS) is 17.9. The van der Waals surface area contributed by atoms with Crippen molar-refractivity contribution in [3.63, 3.8) is 0 Å². The molecule has 106 valence electrons. The summed E-state index contributed by atoms with van der Waals surface area (Å²) >= 11 is 0. The third kappa shape index (κ3) is 6.93. The molecule has 0 aliphatic carbocycles. The van der Waals surface area contributed by atoms with E-state index in [0.717, 1.165) is 52.0 Å². The van der Waals surface area contributed by atoms with Crippen LogP contribution in [0.3, 0.4) is 0 Å². The number of carbonyl (C=O) groups excluding carboxylic acids is 1. The van der Waals surface area contributed by atoms with Gasteiger partial charge in [-0.2, -0.15) is 0 Å². The maximum Gasteiger partial charge on any atom is 0.305 e. The maximum atomic E-state index is 11.1. The Morgan fingerprint density at radius 3 is 2.56 bits per heavy atom. The van der Waals surface area contributed by atoms with Crippen molar-refractivity contribution in [1.82, 2.24) is 15.3 Å². The molecule has 18 heavy (non-hydrogen) atoms. The zero-order valence-corrected chi connectivity index (χ0v) is 11.8. The fourth-order valence-electron chi connectivity index (χ4n) is 2.01. The Hall–Kier alpha value is -0.650. The average Bonchev–Trinajstić information content (AvgIpc) is 2.36. The van der Waals surface area contributed by atoms with E-state index >= 15 is 0 Å². The molecule has 5 nitrogen and oxygen atoms in total. The highest BCUT2D eigenvalue weighted by Gasteiger charge is 2.12. The van der Waals surface area contributed by atoms with Crippen LogP contribution in [0.25, 0.3) is 0 Å². The van der Waals surface area contributed by atoms with Crippen LogP contribution in [0.2, 0.25) is 0 Å². The number of nitrogens with one attached hydrogen (secondary N) is 1. The average molecular weight is 257 g/mol. The quantitative estimate of drug-likeness (QED) is 0.516. The number of hydrogen-bond donors (Lipinski definition) is 1. The van der Waals surface area contributed by atoms with Crippen LogP contribution < -0.4 is 5.43 Å². The molecule has 0 spiro atoms. The van der Waals surface area contributed by atoms with E-state index in [9.17, 15) is 4.79 Å². The maximum absolute atomic E-state index is 11.1. The zero-order chi connectivity index (χ0) is 13.2.